The number of hydrogen-bond acceptors (Lipinski definition) is 3. The molecule has 1 unspecified atom stereocenters. The van der Waals surface area contributed by atoms with Crippen LogP contribution in [0.15, 0.2) is 24.3 Å². The Kier molecular flexibility index (Phi) is 8.93. The second-order valence-electron chi connectivity index (χ2n) is 6.40. The summed E-state index contributed by atoms with van der Waals surface area (Å²) in [5.41, 5.74) is 6.94. The van der Waals surface area contributed by atoms with Crippen LogP contribution in [0, 0.1) is 0 Å². The van der Waals surface area contributed by atoms with E-state index in [-0.39, 0.29) is 30.3 Å². The molecule has 1 aromatic rings. The molecule has 25 heavy (non-hydrogen) atoms. The number of nitrogens with two attached hydrogens (primary N) is 1. The summed E-state index contributed by atoms with van der Waals surface area (Å²) in [5, 5.41) is 0. The largest absolute Gasteiger partial charge is 0.339 e. The normalized spacial score (nSPS) is 16.4. The van der Waals surface area contributed by atoms with E-state index in [4.69, 9.17) is 5.73 Å². The van der Waals surface area contributed by atoms with E-state index >= 15 is 0 Å². The average molecular weight is 368 g/mol. The summed E-state index contributed by atoms with van der Waals surface area (Å²) in [6, 6.07) is 7.23. The molecule has 2 rings (SSSR count). The fourth-order valence-corrected chi connectivity index (χ4v) is 3.34. The first-order chi connectivity index (χ1) is 11.6. The van der Waals surface area contributed by atoms with Crippen molar-refractivity contribution in [1.82, 2.24) is 9.80 Å². The first kappa shape index (κ1) is 21.5. The molecule has 2 N–H and O–H groups in total. The smallest absolute Gasteiger partial charge is 0.254 e. The number of amides is 2. The zero-order valence-electron chi connectivity index (χ0n) is 15.2. The lowest BCUT2D eigenvalue weighted by Gasteiger charge is -2.24. The van der Waals surface area contributed by atoms with Crippen molar-refractivity contribution in [3.8, 4) is 0 Å². The second kappa shape index (κ2) is 10.4. The predicted molar refractivity (Wildman–Crippen MR) is 103 cm³/mol. The van der Waals surface area contributed by atoms with Gasteiger partial charge >= 0.3 is 0 Å². The summed E-state index contributed by atoms with van der Waals surface area (Å²) in [4.78, 5) is 29.2. The maximum absolute atomic E-state index is 12.8. The third-order valence-corrected chi connectivity index (χ3v) is 4.54. The van der Waals surface area contributed by atoms with Gasteiger partial charge in [-0.05, 0) is 43.9 Å². The van der Waals surface area contributed by atoms with Gasteiger partial charge in [0.15, 0.2) is 0 Å². The number of hydrogen-bond donors (Lipinski definition) is 1. The molecule has 0 aromatic heterocycles. The van der Waals surface area contributed by atoms with Crippen LogP contribution in [0.1, 0.15) is 60.2 Å². The van der Waals surface area contributed by atoms with Gasteiger partial charge < -0.3 is 15.5 Å². The molecule has 1 atom stereocenters. The Morgan fingerprint density at radius 2 is 1.84 bits per heavy atom. The Labute approximate surface area is 157 Å². The number of nitrogens with zero attached hydrogens (tertiary/aromatic N) is 2. The highest BCUT2D eigenvalue weighted by Gasteiger charge is 2.28. The van der Waals surface area contributed by atoms with Crippen molar-refractivity contribution in [3.63, 3.8) is 0 Å². The summed E-state index contributed by atoms with van der Waals surface area (Å²) in [6.45, 7) is 6.85. The van der Waals surface area contributed by atoms with Crippen molar-refractivity contribution >= 4 is 24.2 Å². The predicted octanol–water partition coefficient (Wildman–Crippen LogP) is 2.93. The van der Waals surface area contributed by atoms with Crippen molar-refractivity contribution < 1.29 is 9.59 Å². The molecule has 1 saturated heterocycles. The van der Waals surface area contributed by atoms with Crippen LogP contribution in [0.3, 0.4) is 0 Å². The third kappa shape index (κ3) is 5.19. The zero-order valence-corrected chi connectivity index (χ0v) is 16.1. The van der Waals surface area contributed by atoms with E-state index in [1.54, 1.807) is 24.3 Å². The van der Waals surface area contributed by atoms with Crippen molar-refractivity contribution in [1.29, 1.82) is 0 Å². The monoisotopic (exact) mass is 367 g/mol. The average Bonchev–Trinajstić information content (AvgIpc) is 3.09. The van der Waals surface area contributed by atoms with Crippen molar-refractivity contribution in [2.75, 3.05) is 26.2 Å². The van der Waals surface area contributed by atoms with Crippen molar-refractivity contribution in [2.24, 2.45) is 5.73 Å². The molecule has 0 radical (unpaired) electrons. The van der Waals surface area contributed by atoms with Gasteiger partial charge in [0.25, 0.3) is 11.8 Å². The molecule has 0 bridgehead atoms. The minimum Gasteiger partial charge on any atom is -0.339 e. The molecule has 0 saturated carbocycles. The molecular formula is C19H30ClN3O2. The second-order valence-corrected chi connectivity index (χ2v) is 6.40. The molecule has 1 fully saturated rings. The van der Waals surface area contributed by atoms with E-state index in [9.17, 15) is 9.59 Å². The molecule has 0 aliphatic carbocycles. The van der Waals surface area contributed by atoms with Gasteiger partial charge in [-0.3, -0.25) is 9.59 Å². The molecule has 6 heteroatoms. The van der Waals surface area contributed by atoms with Gasteiger partial charge in [0.2, 0.25) is 0 Å². The number of carbonyl (C=O) groups excluding carboxylic acids is 2. The third-order valence-electron chi connectivity index (χ3n) is 4.54. The summed E-state index contributed by atoms with van der Waals surface area (Å²) in [7, 11) is 0. The quantitative estimate of drug-likeness (QED) is 0.805. The highest BCUT2D eigenvalue weighted by molar-refractivity contribution is 5.99. The lowest BCUT2D eigenvalue weighted by molar-refractivity contribution is 0.0741. The summed E-state index contributed by atoms with van der Waals surface area (Å²) in [6.07, 6.45) is 3.81. The van der Waals surface area contributed by atoms with E-state index in [0.717, 1.165) is 45.3 Å². The van der Waals surface area contributed by atoms with Gasteiger partial charge in [-0.2, -0.15) is 0 Å². The van der Waals surface area contributed by atoms with Crippen LogP contribution in [0.5, 0.6) is 0 Å². The van der Waals surface area contributed by atoms with Crippen LogP contribution in [0.25, 0.3) is 0 Å². The van der Waals surface area contributed by atoms with Gasteiger partial charge in [-0.25, -0.2) is 0 Å². The van der Waals surface area contributed by atoms with E-state index in [2.05, 4.69) is 13.8 Å². The van der Waals surface area contributed by atoms with Crippen LogP contribution in [-0.4, -0.2) is 53.8 Å². The van der Waals surface area contributed by atoms with Crippen molar-refractivity contribution in [3.05, 3.63) is 35.4 Å². The SMILES string of the molecule is CCCN(CCC)C(=O)c1cccc(C(=O)N2CCCC2CN)c1.Cl. The fourth-order valence-electron chi connectivity index (χ4n) is 3.34. The Bertz CT molecular complexity index is 574. The maximum Gasteiger partial charge on any atom is 0.254 e. The molecule has 1 aromatic carbocycles. The van der Waals surface area contributed by atoms with Gasteiger partial charge in [0.1, 0.15) is 0 Å². The Morgan fingerprint density at radius 3 is 2.44 bits per heavy atom. The molecule has 140 valence electrons. The summed E-state index contributed by atoms with van der Waals surface area (Å²) in [5.74, 6) is -0.0136. The van der Waals surface area contributed by atoms with Crippen LogP contribution in [-0.2, 0) is 0 Å². The first-order valence-electron chi connectivity index (χ1n) is 9.02. The minimum atomic E-state index is -0.0184. The maximum atomic E-state index is 12.8. The standard InChI is InChI=1S/C19H29N3O2.ClH/c1-3-10-21(11-4-2)18(23)15-7-5-8-16(13-15)19(24)22-12-6-9-17(22)14-20;/h5,7-8,13,17H,3-4,6,9-12,14,20H2,1-2H3;1H. The molecule has 1 aliphatic rings. The zero-order chi connectivity index (χ0) is 17.5. The molecule has 1 aliphatic heterocycles. The number of carbonyl (C=O) groups is 2. The topological polar surface area (TPSA) is 66.6 Å². The van der Waals surface area contributed by atoms with E-state index in [0.29, 0.717) is 17.7 Å². The lowest BCUT2D eigenvalue weighted by Crippen LogP contribution is -2.40. The molecular weight excluding hydrogens is 338 g/mol. The Balaban J connectivity index is 0.00000312. The number of rotatable bonds is 7. The van der Waals surface area contributed by atoms with Gasteiger partial charge in [-0.1, -0.05) is 19.9 Å². The Morgan fingerprint density at radius 1 is 1.20 bits per heavy atom. The number of benzene rings is 1. The lowest BCUT2D eigenvalue weighted by atomic mass is 10.1. The summed E-state index contributed by atoms with van der Waals surface area (Å²) >= 11 is 0. The molecule has 2 amide bonds. The highest BCUT2D eigenvalue weighted by atomic mass is 35.5. The molecule has 5 nitrogen and oxygen atoms in total. The molecule has 1 heterocycles. The minimum absolute atomic E-state index is 0. The van der Waals surface area contributed by atoms with Crippen LogP contribution in [0.2, 0.25) is 0 Å². The van der Waals surface area contributed by atoms with E-state index < -0.39 is 0 Å². The number of likely N-dealkylation sites (tertiary alicyclic amines) is 1. The van der Waals surface area contributed by atoms with Crippen LogP contribution < -0.4 is 5.73 Å². The van der Waals surface area contributed by atoms with E-state index in [1.165, 1.54) is 0 Å². The molecule has 0 spiro atoms. The van der Waals surface area contributed by atoms with Crippen LogP contribution >= 0.6 is 12.4 Å². The fraction of sp³-hybridized carbons (Fsp3) is 0.579. The van der Waals surface area contributed by atoms with Gasteiger partial charge in [0.05, 0.1) is 0 Å². The van der Waals surface area contributed by atoms with Crippen molar-refractivity contribution in [2.45, 2.75) is 45.6 Å². The Hall–Kier alpha value is -1.59. The van der Waals surface area contributed by atoms with Gasteiger partial charge in [0, 0.05) is 43.3 Å². The van der Waals surface area contributed by atoms with Gasteiger partial charge in [-0.15, -0.1) is 12.4 Å². The summed E-state index contributed by atoms with van der Waals surface area (Å²) < 4.78 is 0. The first-order valence-corrected chi connectivity index (χ1v) is 9.02. The number of halogens is 1. The van der Waals surface area contributed by atoms with E-state index in [1.807, 2.05) is 9.80 Å². The highest BCUT2D eigenvalue weighted by Crippen LogP contribution is 2.20. The van der Waals surface area contributed by atoms with Crippen LogP contribution in [0.4, 0.5) is 0 Å².